The normalized spacial score (nSPS) is 12.1. The van der Waals surface area contributed by atoms with Gasteiger partial charge in [-0.2, -0.15) is 8.78 Å². The minimum Gasteiger partial charge on any atom is -0.355 e. The molecule has 0 aliphatic heterocycles. The van der Waals surface area contributed by atoms with Gasteiger partial charge in [-0.25, -0.2) is 13.8 Å². The summed E-state index contributed by atoms with van der Waals surface area (Å²) in [6.07, 6.45) is -3.69. The van der Waals surface area contributed by atoms with Crippen LogP contribution in [0.3, 0.4) is 0 Å². The van der Waals surface area contributed by atoms with Gasteiger partial charge in [0, 0.05) is 5.38 Å². The topological polar surface area (TPSA) is 24.9 Å². The predicted molar refractivity (Wildman–Crippen MR) is 46.6 cm³/mol. The van der Waals surface area contributed by atoms with E-state index in [0.29, 0.717) is 0 Å². The van der Waals surface area contributed by atoms with Gasteiger partial charge in [0.2, 0.25) is 0 Å². The Hall–Kier alpha value is -0.560. The highest BCUT2D eigenvalue weighted by molar-refractivity contribution is 7.14. The summed E-state index contributed by atoms with van der Waals surface area (Å²) >= 11 is 6.37. The zero-order valence-corrected chi connectivity index (χ0v) is 8.18. The number of alkyl halides is 4. The maximum Gasteiger partial charge on any atom is 0.324 e. The van der Waals surface area contributed by atoms with Gasteiger partial charge in [-0.15, -0.1) is 11.3 Å². The maximum atomic E-state index is 12.4. The third-order valence-corrected chi connectivity index (χ3v) is 2.39. The molecule has 0 bridgehead atoms. The third-order valence-electron chi connectivity index (χ3n) is 1.27. The molecule has 0 amide bonds. The summed E-state index contributed by atoms with van der Waals surface area (Å²) in [4.78, 5) is 3.57. The highest BCUT2D eigenvalue weighted by Crippen LogP contribution is 2.25. The lowest BCUT2D eigenvalue weighted by molar-refractivity contribution is -0.117. The number of halogens is 5. The Bertz CT molecular complexity index is 304. The number of hydrogen-bond acceptors (Lipinski definition) is 3. The van der Waals surface area contributed by atoms with Gasteiger partial charge in [-0.1, -0.05) is 11.6 Å². The fraction of sp³-hybridized carbons (Fsp3) is 0.500. The average Bonchev–Trinajstić information content (AvgIpc) is 2.48. The molecule has 0 spiro atoms. The second-order valence-electron chi connectivity index (χ2n) is 2.39. The molecular weight excluding hydrogens is 244 g/mol. The van der Waals surface area contributed by atoms with Gasteiger partial charge in [0.25, 0.3) is 0 Å². The van der Waals surface area contributed by atoms with E-state index >= 15 is 0 Å². The molecule has 0 unspecified atom stereocenters. The van der Waals surface area contributed by atoms with Gasteiger partial charge in [-0.3, -0.25) is 0 Å². The van der Waals surface area contributed by atoms with E-state index in [-0.39, 0.29) is 10.3 Å². The van der Waals surface area contributed by atoms with E-state index in [2.05, 4.69) is 10.3 Å². The molecule has 0 saturated heterocycles. The summed E-state index contributed by atoms with van der Waals surface area (Å²) in [6, 6.07) is 0. The van der Waals surface area contributed by atoms with Crippen molar-refractivity contribution in [3.8, 4) is 0 Å². The average molecular weight is 249 g/mol. The van der Waals surface area contributed by atoms with Crippen molar-refractivity contribution < 1.29 is 17.6 Å². The number of thiazole rings is 1. The molecule has 1 aromatic rings. The Morgan fingerprint density at radius 2 is 2.21 bits per heavy atom. The van der Waals surface area contributed by atoms with Crippen LogP contribution in [0.4, 0.5) is 22.7 Å². The number of anilines is 1. The predicted octanol–water partition coefficient (Wildman–Crippen LogP) is 3.11. The molecule has 0 saturated carbocycles. The van der Waals surface area contributed by atoms with Crippen LogP contribution < -0.4 is 5.32 Å². The maximum absolute atomic E-state index is 12.4. The zero-order chi connectivity index (χ0) is 10.8. The van der Waals surface area contributed by atoms with Crippen LogP contribution in [0, 0.1) is 0 Å². The van der Waals surface area contributed by atoms with Crippen LogP contribution in [0.1, 0.15) is 0 Å². The lowest BCUT2D eigenvalue weighted by Crippen LogP contribution is -2.34. The van der Waals surface area contributed by atoms with Crippen molar-refractivity contribution >= 4 is 28.1 Å². The van der Waals surface area contributed by atoms with Crippen molar-refractivity contribution in [2.45, 2.75) is 12.3 Å². The molecule has 14 heavy (non-hydrogen) atoms. The van der Waals surface area contributed by atoms with Crippen LogP contribution in [-0.2, 0) is 0 Å². The van der Waals surface area contributed by atoms with E-state index in [0.717, 1.165) is 11.3 Å². The fourth-order valence-electron chi connectivity index (χ4n) is 0.606. The highest BCUT2D eigenvalue weighted by Gasteiger charge is 2.40. The second kappa shape index (κ2) is 4.31. The van der Waals surface area contributed by atoms with Crippen molar-refractivity contribution in [2.75, 3.05) is 11.9 Å². The fourth-order valence-corrected chi connectivity index (χ4v) is 1.44. The first-order valence-corrected chi connectivity index (χ1v) is 4.68. The van der Waals surface area contributed by atoms with Gasteiger partial charge >= 0.3 is 12.3 Å². The molecule has 1 N–H and O–H groups in total. The van der Waals surface area contributed by atoms with Crippen LogP contribution >= 0.6 is 22.9 Å². The molecular formula is C6H5ClF4N2S. The van der Waals surface area contributed by atoms with Crippen molar-refractivity contribution in [3.63, 3.8) is 0 Å². The van der Waals surface area contributed by atoms with E-state index in [1.807, 2.05) is 0 Å². The van der Waals surface area contributed by atoms with Crippen molar-refractivity contribution in [2.24, 2.45) is 0 Å². The molecule has 0 fully saturated rings. The number of hydrogen-bond donors (Lipinski definition) is 1. The summed E-state index contributed by atoms with van der Waals surface area (Å²) in [5.41, 5.74) is 0. The largest absolute Gasteiger partial charge is 0.355 e. The van der Waals surface area contributed by atoms with E-state index in [1.165, 1.54) is 5.38 Å². The van der Waals surface area contributed by atoms with Gasteiger partial charge in [-0.05, 0) is 0 Å². The van der Waals surface area contributed by atoms with Crippen LogP contribution in [0.25, 0.3) is 0 Å². The van der Waals surface area contributed by atoms with E-state index in [4.69, 9.17) is 11.6 Å². The Labute approximate surface area is 85.9 Å². The molecule has 80 valence electrons. The minimum absolute atomic E-state index is 0.0929. The lowest BCUT2D eigenvalue weighted by Gasteiger charge is -2.14. The molecule has 8 heteroatoms. The summed E-state index contributed by atoms with van der Waals surface area (Å²) in [6.45, 7) is -1.16. The van der Waals surface area contributed by atoms with Crippen molar-refractivity contribution in [3.05, 3.63) is 10.5 Å². The third kappa shape index (κ3) is 2.98. The highest BCUT2D eigenvalue weighted by atomic mass is 35.5. The van der Waals surface area contributed by atoms with Crippen molar-refractivity contribution in [1.82, 2.24) is 4.98 Å². The van der Waals surface area contributed by atoms with E-state index < -0.39 is 18.9 Å². The number of nitrogens with one attached hydrogen (secondary N) is 1. The van der Waals surface area contributed by atoms with E-state index in [9.17, 15) is 17.6 Å². The molecule has 1 heterocycles. The lowest BCUT2D eigenvalue weighted by atomic mass is 10.3. The SMILES string of the molecule is FC(F)C(F)(F)CNc1nc(Cl)cs1. The zero-order valence-electron chi connectivity index (χ0n) is 6.61. The second-order valence-corrected chi connectivity index (χ2v) is 3.64. The van der Waals surface area contributed by atoms with Crippen LogP contribution in [-0.4, -0.2) is 23.9 Å². The quantitative estimate of drug-likeness (QED) is 0.828. The molecule has 1 rings (SSSR count). The molecule has 0 atom stereocenters. The van der Waals surface area contributed by atoms with Gasteiger partial charge < -0.3 is 5.32 Å². The minimum atomic E-state index is -4.06. The standard InChI is InChI=1S/C6H5ClF4N2S/c7-3-1-14-5(13-3)12-2-6(10,11)4(8)9/h1,4H,2H2,(H,12,13). The van der Waals surface area contributed by atoms with Gasteiger partial charge in [0.05, 0.1) is 6.54 Å². The smallest absolute Gasteiger partial charge is 0.324 e. The first-order valence-electron chi connectivity index (χ1n) is 3.42. The summed E-state index contributed by atoms with van der Waals surface area (Å²) in [5.74, 6) is -4.06. The Morgan fingerprint density at radius 3 is 2.64 bits per heavy atom. The van der Waals surface area contributed by atoms with Gasteiger partial charge in [0.1, 0.15) is 5.15 Å². The Morgan fingerprint density at radius 1 is 1.57 bits per heavy atom. The monoisotopic (exact) mass is 248 g/mol. The van der Waals surface area contributed by atoms with Crippen LogP contribution in [0.5, 0.6) is 0 Å². The number of rotatable bonds is 4. The first-order chi connectivity index (χ1) is 6.42. The summed E-state index contributed by atoms with van der Waals surface area (Å²) in [5, 5.41) is 3.72. The van der Waals surface area contributed by atoms with Crippen LogP contribution in [0.15, 0.2) is 5.38 Å². The molecule has 0 aromatic carbocycles. The molecule has 2 nitrogen and oxygen atoms in total. The molecule has 0 aliphatic rings. The molecule has 0 aliphatic carbocycles. The number of aromatic nitrogens is 1. The molecule has 0 radical (unpaired) electrons. The molecule has 1 aromatic heterocycles. The number of nitrogens with zero attached hydrogens (tertiary/aromatic N) is 1. The van der Waals surface area contributed by atoms with E-state index in [1.54, 1.807) is 0 Å². The Kier molecular flexibility index (Phi) is 3.54. The van der Waals surface area contributed by atoms with Gasteiger partial charge in [0.15, 0.2) is 5.13 Å². The summed E-state index contributed by atoms with van der Waals surface area (Å²) in [7, 11) is 0. The van der Waals surface area contributed by atoms with Crippen molar-refractivity contribution in [1.29, 1.82) is 0 Å². The first kappa shape index (κ1) is 11.5. The van der Waals surface area contributed by atoms with Crippen LogP contribution in [0.2, 0.25) is 5.15 Å². The summed E-state index contributed by atoms with van der Waals surface area (Å²) < 4.78 is 48.1. The Balaban J connectivity index is 2.48.